The van der Waals surface area contributed by atoms with Crippen LogP contribution in [0.5, 0.6) is 0 Å². The van der Waals surface area contributed by atoms with Crippen LogP contribution in [0.25, 0.3) is 11.0 Å². The zero-order chi connectivity index (χ0) is 13.0. The van der Waals surface area contributed by atoms with Crippen molar-refractivity contribution < 1.29 is 0 Å². The fourth-order valence-corrected chi connectivity index (χ4v) is 3.63. The molecule has 2 atom stereocenters. The first-order valence-corrected chi connectivity index (χ1v) is 7.19. The van der Waals surface area contributed by atoms with Gasteiger partial charge in [-0.3, -0.25) is 0 Å². The van der Waals surface area contributed by atoms with E-state index >= 15 is 0 Å². The van der Waals surface area contributed by atoms with Crippen molar-refractivity contribution in [1.82, 2.24) is 15.3 Å². The van der Waals surface area contributed by atoms with Crippen LogP contribution in [-0.4, -0.2) is 23.1 Å². The van der Waals surface area contributed by atoms with Crippen LogP contribution in [0.15, 0.2) is 12.1 Å². The van der Waals surface area contributed by atoms with E-state index in [-0.39, 0.29) is 0 Å². The summed E-state index contributed by atoms with van der Waals surface area (Å²) < 4.78 is 0. The highest BCUT2D eigenvalue weighted by Crippen LogP contribution is 2.38. The topological polar surface area (TPSA) is 37.8 Å². The maximum absolute atomic E-state index is 4.71. The summed E-state index contributed by atoms with van der Waals surface area (Å²) in [6, 6.07) is 4.58. The molecule has 2 unspecified atom stereocenters. The molecular formula is C16H19N3. The van der Waals surface area contributed by atoms with Crippen LogP contribution in [0.3, 0.4) is 0 Å². The van der Waals surface area contributed by atoms with Crippen LogP contribution in [0.1, 0.15) is 34.9 Å². The minimum Gasteiger partial charge on any atom is -0.316 e. The van der Waals surface area contributed by atoms with Gasteiger partial charge in [0.1, 0.15) is 0 Å². The summed E-state index contributed by atoms with van der Waals surface area (Å²) in [5, 5.41) is 3.56. The molecule has 0 spiro atoms. The number of nitrogens with one attached hydrogen (secondary N) is 1. The Balaban J connectivity index is 1.93. The maximum Gasteiger partial charge on any atom is 0.0893 e. The van der Waals surface area contributed by atoms with Gasteiger partial charge in [-0.25, -0.2) is 9.97 Å². The molecule has 3 nitrogen and oxygen atoms in total. The lowest BCUT2D eigenvalue weighted by Gasteiger charge is -2.36. The molecule has 1 N–H and O–H groups in total. The highest BCUT2D eigenvalue weighted by molar-refractivity contribution is 5.77. The van der Waals surface area contributed by atoms with E-state index in [1.807, 2.05) is 13.8 Å². The van der Waals surface area contributed by atoms with Gasteiger partial charge in [-0.1, -0.05) is 0 Å². The van der Waals surface area contributed by atoms with Crippen LogP contribution in [-0.2, 0) is 6.42 Å². The smallest absolute Gasteiger partial charge is 0.0893 e. The number of piperidine rings is 1. The van der Waals surface area contributed by atoms with Gasteiger partial charge in [-0.2, -0.15) is 0 Å². The molecule has 0 radical (unpaired) electrons. The third kappa shape index (κ3) is 1.76. The summed E-state index contributed by atoms with van der Waals surface area (Å²) in [6.45, 7) is 6.37. The minimum atomic E-state index is 0.676. The zero-order valence-electron chi connectivity index (χ0n) is 11.5. The molecule has 1 aromatic carbocycles. The first-order chi connectivity index (χ1) is 9.20. The lowest BCUT2D eigenvalue weighted by Crippen LogP contribution is -2.39. The number of aromatic nitrogens is 2. The molecule has 1 fully saturated rings. The molecule has 2 aliphatic rings. The lowest BCUT2D eigenvalue weighted by molar-refractivity contribution is 0.318. The SMILES string of the molecule is Cc1nc2cc3c(cc2nc1C)C1CNCC(C3)C1. The van der Waals surface area contributed by atoms with E-state index in [0.29, 0.717) is 5.92 Å². The van der Waals surface area contributed by atoms with Gasteiger partial charge in [0.15, 0.2) is 0 Å². The van der Waals surface area contributed by atoms with E-state index in [4.69, 9.17) is 9.97 Å². The van der Waals surface area contributed by atoms with Crippen molar-refractivity contribution in [3.8, 4) is 0 Å². The molecule has 1 aliphatic carbocycles. The predicted molar refractivity (Wildman–Crippen MR) is 76.4 cm³/mol. The van der Waals surface area contributed by atoms with Crippen LogP contribution >= 0.6 is 0 Å². The quantitative estimate of drug-likeness (QED) is 0.784. The van der Waals surface area contributed by atoms with Crippen LogP contribution < -0.4 is 5.32 Å². The number of benzene rings is 1. The highest BCUT2D eigenvalue weighted by Gasteiger charge is 2.30. The standard InChI is InChI=1S/C16H19N3/c1-9-10(2)19-16-6-14-12(5-15(16)18-9)3-11-4-13(14)8-17-7-11/h5-6,11,13,17H,3-4,7-8H2,1-2H3. The van der Waals surface area contributed by atoms with E-state index < -0.39 is 0 Å². The average molecular weight is 253 g/mol. The molecule has 1 saturated heterocycles. The molecule has 1 aromatic heterocycles. The van der Waals surface area contributed by atoms with Crippen molar-refractivity contribution in [2.75, 3.05) is 13.1 Å². The molecule has 2 bridgehead atoms. The Hall–Kier alpha value is -1.48. The fraction of sp³-hybridized carbons (Fsp3) is 0.500. The molecule has 3 heteroatoms. The Labute approximate surface area is 113 Å². The van der Waals surface area contributed by atoms with Gasteiger partial charge in [-0.15, -0.1) is 0 Å². The van der Waals surface area contributed by atoms with Crippen molar-refractivity contribution in [3.05, 3.63) is 34.6 Å². The zero-order valence-corrected chi connectivity index (χ0v) is 11.5. The van der Waals surface area contributed by atoms with Crippen LogP contribution in [0, 0.1) is 19.8 Å². The second-order valence-corrected chi connectivity index (χ2v) is 6.10. The van der Waals surface area contributed by atoms with E-state index in [1.54, 1.807) is 0 Å². The van der Waals surface area contributed by atoms with E-state index in [9.17, 15) is 0 Å². The van der Waals surface area contributed by atoms with Crippen molar-refractivity contribution in [3.63, 3.8) is 0 Å². The lowest BCUT2D eigenvalue weighted by atomic mass is 9.74. The summed E-state index contributed by atoms with van der Waals surface area (Å²) in [4.78, 5) is 9.41. The second kappa shape index (κ2) is 4.01. The van der Waals surface area contributed by atoms with Gasteiger partial charge < -0.3 is 5.32 Å². The average Bonchev–Trinajstić information content (AvgIpc) is 2.39. The molecule has 2 aromatic rings. The first kappa shape index (κ1) is 11.4. The summed E-state index contributed by atoms with van der Waals surface area (Å²) in [5.41, 5.74) is 7.23. The normalized spacial score (nSPS) is 25.4. The monoisotopic (exact) mass is 253 g/mol. The summed E-state index contributed by atoms with van der Waals surface area (Å²) in [6.07, 6.45) is 2.53. The van der Waals surface area contributed by atoms with Gasteiger partial charge in [-0.05, 0) is 68.3 Å². The van der Waals surface area contributed by atoms with Gasteiger partial charge in [0.25, 0.3) is 0 Å². The second-order valence-electron chi connectivity index (χ2n) is 6.10. The molecule has 0 amide bonds. The molecule has 4 rings (SSSR count). The van der Waals surface area contributed by atoms with Gasteiger partial charge in [0, 0.05) is 6.54 Å². The highest BCUT2D eigenvalue weighted by atomic mass is 14.9. The van der Waals surface area contributed by atoms with Gasteiger partial charge in [0.05, 0.1) is 22.4 Å². The summed E-state index contributed by atoms with van der Waals surface area (Å²) in [5.74, 6) is 1.48. The Morgan fingerprint density at radius 1 is 1.05 bits per heavy atom. The van der Waals surface area contributed by atoms with Crippen molar-refractivity contribution in [1.29, 1.82) is 0 Å². The van der Waals surface area contributed by atoms with Crippen LogP contribution in [0.2, 0.25) is 0 Å². The number of hydrogen-bond donors (Lipinski definition) is 1. The van der Waals surface area contributed by atoms with Crippen molar-refractivity contribution in [2.24, 2.45) is 5.92 Å². The number of hydrogen-bond acceptors (Lipinski definition) is 3. The molecule has 19 heavy (non-hydrogen) atoms. The Morgan fingerprint density at radius 2 is 1.79 bits per heavy atom. The fourth-order valence-electron chi connectivity index (χ4n) is 3.63. The largest absolute Gasteiger partial charge is 0.316 e. The predicted octanol–water partition coefficient (Wildman–Crippen LogP) is 2.50. The number of fused-ring (bicyclic) bond motifs is 5. The maximum atomic E-state index is 4.71. The van der Waals surface area contributed by atoms with Crippen molar-refractivity contribution >= 4 is 11.0 Å². The third-order valence-corrected chi connectivity index (χ3v) is 4.73. The number of aryl methyl sites for hydroxylation is 2. The Kier molecular flexibility index (Phi) is 2.39. The van der Waals surface area contributed by atoms with E-state index in [2.05, 4.69) is 17.4 Å². The van der Waals surface area contributed by atoms with Crippen LogP contribution in [0.4, 0.5) is 0 Å². The van der Waals surface area contributed by atoms with Gasteiger partial charge >= 0.3 is 0 Å². The molecule has 1 aliphatic heterocycles. The molecule has 98 valence electrons. The minimum absolute atomic E-state index is 0.676. The third-order valence-electron chi connectivity index (χ3n) is 4.73. The number of rotatable bonds is 0. The van der Waals surface area contributed by atoms with Gasteiger partial charge in [0.2, 0.25) is 0 Å². The number of nitrogens with zero attached hydrogens (tertiary/aromatic N) is 2. The Morgan fingerprint density at radius 3 is 2.58 bits per heavy atom. The Bertz CT molecular complexity index is 663. The molecule has 0 saturated carbocycles. The van der Waals surface area contributed by atoms with E-state index in [1.165, 1.54) is 30.5 Å². The molecule has 2 heterocycles. The summed E-state index contributed by atoms with van der Waals surface area (Å²) in [7, 11) is 0. The molecular weight excluding hydrogens is 234 g/mol. The first-order valence-electron chi connectivity index (χ1n) is 7.19. The summed E-state index contributed by atoms with van der Waals surface area (Å²) >= 11 is 0. The van der Waals surface area contributed by atoms with Crippen molar-refractivity contribution in [2.45, 2.75) is 32.6 Å². The van der Waals surface area contributed by atoms with E-state index in [0.717, 1.165) is 34.9 Å².